The fourth-order valence-electron chi connectivity index (χ4n) is 2.26. The Hall–Kier alpha value is -2.31. The monoisotopic (exact) mass is 350 g/mol. The number of hydrogen-bond acceptors (Lipinski definition) is 5. The molecule has 0 saturated heterocycles. The number of nitrogens with zero attached hydrogens (tertiary/aromatic N) is 1. The standard InChI is InChI=1S/C18H30N4O3/c1-7-12(22-17(24)25-18(3,4)5)11-13-9-10-14(16(23)19-6)15(21-13)20-8-2/h9-10,12H,7-8,11H2,1-6H3,(H,19,23)(H,20,21)(H,22,24). The van der Waals surface area contributed by atoms with Crippen LogP contribution in [0.1, 0.15) is 57.1 Å². The summed E-state index contributed by atoms with van der Waals surface area (Å²) >= 11 is 0. The first-order valence-corrected chi connectivity index (χ1v) is 8.65. The van der Waals surface area contributed by atoms with E-state index < -0.39 is 11.7 Å². The quantitative estimate of drug-likeness (QED) is 0.703. The summed E-state index contributed by atoms with van der Waals surface area (Å²) in [6.07, 6.45) is 0.866. The van der Waals surface area contributed by atoms with E-state index in [-0.39, 0.29) is 11.9 Å². The van der Waals surface area contributed by atoms with Gasteiger partial charge in [-0.2, -0.15) is 0 Å². The predicted molar refractivity (Wildman–Crippen MR) is 98.9 cm³/mol. The summed E-state index contributed by atoms with van der Waals surface area (Å²) in [5.41, 5.74) is 0.765. The molecular weight excluding hydrogens is 320 g/mol. The molecular formula is C18H30N4O3. The molecule has 0 spiro atoms. The van der Waals surface area contributed by atoms with Crippen molar-refractivity contribution in [2.24, 2.45) is 0 Å². The lowest BCUT2D eigenvalue weighted by molar-refractivity contribution is 0.0502. The van der Waals surface area contributed by atoms with Crippen LogP contribution in [0.5, 0.6) is 0 Å². The fourth-order valence-corrected chi connectivity index (χ4v) is 2.26. The highest BCUT2D eigenvalue weighted by molar-refractivity contribution is 5.98. The van der Waals surface area contributed by atoms with Crippen molar-refractivity contribution in [2.75, 3.05) is 18.9 Å². The molecule has 0 aromatic carbocycles. The summed E-state index contributed by atoms with van der Waals surface area (Å²) in [6, 6.07) is 3.46. The van der Waals surface area contributed by atoms with Crippen molar-refractivity contribution in [3.05, 3.63) is 23.4 Å². The van der Waals surface area contributed by atoms with Gasteiger partial charge in [-0.15, -0.1) is 0 Å². The molecule has 0 saturated carbocycles. The molecule has 2 amide bonds. The fraction of sp³-hybridized carbons (Fsp3) is 0.611. The van der Waals surface area contributed by atoms with Gasteiger partial charge in [0.15, 0.2) is 0 Å². The number of hydrogen-bond donors (Lipinski definition) is 3. The van der Waals surface area contributed by atoms with Crippen LogP contribution in [0.2, 0.25) is 0 Å². The van der Waals surface area contributed by atoms with Crippen LogP contribution in [0.25, 0.3) is 0 Å². The Kier molecular flexibility index (Phi) is 7.67. The van der Waals surface area contributed by atoms with Crippen molar-refractivity contribution in [3.63, 3.8) is 0 Å². The third kappa shape index (κ3) is 6.99. The van der Waals surface area contributed by atoms with Gasteiger partial charge in [0.2, 0.25) is 0 Å². The first-order valence-electron chi connectivity index (χ1n) is 8.65. The van der Waals surface area contributed by atoms with E-state index >= 15 is 0 Å². The van der Waals surface area contributed by atoms with Gasteiger partial charge in [-0.1, -0.05) is 6.92 Å². The van der Waals surface area contributed by atoms with E-state index in [0.29, 0.717) is 24.3 Å². The van der Waals surface area contributed by atoms with Crippen molar-refractivity contribution in [3.8, 4) is 0 Å². The van der Waals surface area contributed by atoms with E-state index in [2.05, 4.69) is 20.9 Å². The van der Waals surface area contributed by atoms with Crippen molar-refractivity contribution in [1.82, 2.24) is 15.6 Å². The summed E-state index contributed by atoms with van der Waals surface area (Å²) in [5.74, 6) is 0.361. The number of ether oxygens (including phenoxy) is 1. The van der Waals surface area contributed by atoms with Gasteiger partial charge in [-0.25, -0.2) is 9.78 Å². The van der Waals surface area contributed by atoms with Crippen LogP contribution in [0.15, 0.2) is 12.1 Å². The lowest BCUT2D eigenvalue weighted by Crippen LogP contribution is -2.40. The maximum absolute atomic E-state index is 12.0. The number of nitrogens with one attached hydrogen (secondary N) is 3. The second kappa shape index (κ2) is 9.25. The Morgan fingerprint density at radius 1 is 1.24 bits per heavy atom. The number of anilines is 1. The Balaban J connectivity index is 2.87. The van der Waals surface area contributed by atoms with E-state index in [1.807, 2.05) is 40.7 Å². The predicted octanol–water partition coefficient (Wildman–Crippen LogP) is 2.72. The average molecular weight is 350 g/mol. The third-order valence-corrected chi connectivity index (χ3v) is 3.44. The van der Waals surface area contributed by atoms with Crippen LogP contribution in [-0.2, 0) is 11.2 Å². The number of carbonyl (C=O) groups excluding carboxylic acids is 2. The second-order valence-corrected chi connectivity index (χ2v) is 6.76. The zero-order valence-electron chi connectivity index (χ0n) is 16.0. The first kappa shape index (κ1) is 20.7. The Morgan fingerprint density at radius 3 is 2.44 bits per heavy atom. The maximum atomic E-state index is 12.0. The zero-order valence-corrected chi connectivity index (χ0v) is 16.0. The molecule has 1 heterocycles. The minimum Gasteiger partial charge on any atom is -0.444 e. The number of carbonyl (C=O) groups is 2. The normalized spacial score (nSPS) is 12.2. The van der Waals surface area contributed by atoms with Crippen LogP contribution >= 0.6 is 0 Å². The van der Waals surface area contributed by atoms with E-state index in [4.69, 9.17) is 4.74 Å². The summed E-state index contributed by atoms with van der Waals surface area (Å²) in [7, 11) is 1.59. The van der Waals surface area contributed by atoms with Crippen LogP contribution in [0, 0.1) is 0 Å². The van der Waals surface area contributed by atoms with Crippen molar-refractivity contribution < 1.29 is 14.3 Å². The van der Waals surface area contributed by atoms with Crippen molar-refractivity contribution in [1.29, 1.82) is 0 Å². The molecule has 1 atom stereocenters. The van der Waals surface area contributed by atoms with Gasteiger partial charge in [-0.05, 0) is 46.2 Å². The third-order valence-electron chi connectivity index (χ3n) is 3.44. The highest BCUT2D eigenvalue weighted by Gasteiger charge is 2.20. The Morgan fingerprint density at radius 2 is 1.92 bits per heavy atom. The zero-order chi connectivity index (χ0) is 19.0. The SMILES string of the molecule is CCNc1nc(CC(CC)NC(=O)OC(C)(C)C)ccc1C(=O)NC. The molecule has 7 nitrogen and oxygen atoms in total. The topological polar surface area (TPSA) is 92.3 Å². The summed E-state index contributed by atoms with van der Waals surface area (Å²) in [4.78, 5) is 28.4. The van der Waals surface area contributed by atoms with Gasteiger partial charge in [-0.3, -0.25) is 4.79 Å². The molecule has 1 unspecified atom stereocenters. The number of alkyl carbamates (subject to hydrolysis) is 1. The van der Waals surface area contributed by atoms with Crippen LogP contribution in [0.3, 0.4) is 0 Å². The Bertz CT molecular complexity index is 596. The van der Waals surface area contributed by atoms with Gasteiger partial charge >= 0.3 is 6.09 Å². The molecule has 0 radical (unpaired) electrons. The average Bonchev–Trinajstić information content (AvgIpc) is 2.52. The van der Waals surface area contributed by atoms with E-state index in [1.165, 1.54) is 0 Å². The van der Waals surface area contributed by atoms with Gasteiger partial charge in [0, 0.05) is 31.7 Å². The molecule has 0 aliphatic rings. The molecule has 1 aromatic heterocycles. The van der Waals surface area contributed by atoms with Crippen LogP contribution in [-0.4, -0.2) is 42.2 Å². The van der Waals surface area contributed by atoms with Gasteiger partial charge in [0.1, 0.15) is 11.4 Å². The lowest BCUT2D eigenvalue weighted by Gasteiger charge is -2.23. The highest BCUT2D eigenvalue weighted by atomic mass is 16.6. The molecule has 1 aromatic rings. The molecule has 0 aliphatic heterocycles. The molecule has 1 rings (SSSR count). The molecule has 140 valence electrons. The molecule has 7 heteroatoms. The summed E-state index contributed by atoms with van der Waals surface area (Å²) in [6.45, 7) is 10.1. The highest BCUT2D eigenvalue weighted by Crippen LogP contribution is 2.16. The minimum atomic E-state index is -0.534. The lowest BCUT2D eigenvalue weighted by atomic mass is 10.1. The molecule has 25 heavy (non-hydrogen) atoms. The van der Waals surface area contributed by atoms with Gasteiger partial charge < -0.3 is 20.7 Å². The van der Waals surface area contributed by atoms with Crippen LogP contribution < -0.4 is 16.0 Å². The second-order valence-electron chi connectivity index (χ2n) is 6.76. The molecule has 0 bridgehead atoms. The number of rotatable bonds is 7. The summed E-state index contributed by atoms with van der Waals surface area (Å²) < 4.78 is 5.30. The number of amides is 2. The van der Waals surface area contributed by atoms with E-state index in [1.54, 1.807) is 13.1 Å². The molecule has 3 N–H and O–H groups in total. The van der Waals surface area contributed by atoms with Gasteiger partial charge in [0.05, 0.1) is 5.56 Å². The Labute approximate surface area is 149 Å². The van der Waals surface area contributed by atoms with E-state index in [0.717, 1.165) is 12.1 Å². The smallest absolute Gasteiger partial charge is 0.407 e. The molecule has 0 fully saturated rings. The summed E-state index contributed by atoms with van der Waals surface area (Å²) in [5, 5.41) is 8.59. The molecule has 0 aliphatic carbocycles. The minimum absolute atomic E-state index is 0.0947. The van der Waals surface area contributed by atoms with E-state index in [9.17, 15) is 9.59 Å². The van der Waals surface area contributed by atoms with Crippen molar-refractivity contribution >= 4 is 17.8 Å². The van der Waals surface area contributed by atoms with Crippen LogP contribution in [0.4, 0.5) is 10.6 Å². The number of pyridine rings is 1. The number of aromatic nitrogens is 1. The van der Waals surface area contributed by atoms with Gasteiger partial charge in [0.25, 0.3) is 5.91 Å². The largest absolute Gasteiger partial charge is 0.444 e. The van der Waals surface area contributed by atoms with Crippen molar-refractivity contribution in [2.45, 2.75) is 59.1 Å². The maximum Gasteiger partial charge on any atom is 0.407 e. The first-order chi connectivity index (χ1) is 11.7.